The first-order valence-electron chi connectivity index (χ1n) is 6.60. The number of esters is 1. The van der Waals surface area contributed by atoms with Gasteiger partial charge in [-0.2, -0.15) is 0 Å². The smallest absolute Gasteiger partial charge is 0.349 e. The lowest BCUT2D eigenvalue weighted by atomic mass is 10.1. The van der Waals surface area contributed by atoms with E-state index in [1.165, 1.54) is 18.4 Å². The van der Waals surface area contributed by atoms with Gasteiger partial charge in [0.25, 0.3) is 5.91 Å². The molecule has 1 amide bonds. The van der Waals surface area contributed by atoms with Crippen molar-refractivity contribution in [2.75, 3.05) is 7.05 Å². The number of hydrogen-bond acceptors (Lipinski definition) is 4. The molecule has 0 spiro atoms. The zero-order valence-electron chi connectivity index (χ0n) is 12.2. The monoisotopic (exact) mass is 303 g/mol. The Morgan fingerprint density at radius 1 is 1.19 bits per heavy atom. The highest BCUT2D eigenvalue weighted by atomic mass is 32.1. The number of carbonyl (C=O) groups excluding carboxylic acids is 2. The van der Waals surface area contributed by atoms with Crippen LogP contribution in [0.4, 0.5) is 0 Å². The minimum absolute atomic E-state index is 0.322. The van der Waals surface area contributed by atoms with Crippen molar-refractivity contribution in [1.29, 1.82) is 0 Å². The van der Waals surface area contributed by atoms with Crippen LogP contribution < -0.4 is 5.32 Å². The van der Waals surface area contributed by atoms with Gasteiger partial charge in [-0.1, -0.05) is 29.8 Å². The molecule has 1 heterocycles. The topological polar surface area (TPSA) is 55.4 Å². The number of likely N-dealkylation sites (N-methyl/N-ethyl adjacent to an activating group) is 1. The van der Waals surface area contributed by atoms with Crippen molar-refractivity contribution in [3.05, 3.63) is 46.2 Å². The summed E-state index contributed by atoms with van der Waals surface area (Å²) in [6.07, 6.45) is -0.810. The van der Waals surface area contributed by atoms with Crippen molar-refractivity contribution >= 4 is 23.2 Å². The first-order chi connectivity index (χ1) is 10.0. The Morgan fingerprint density at radius 2 is 1.86 bits per heavy atom. The summed E-state index contributed by atoms with van der Waals surface area (Å²) in [6.45, 7) is 3.56. The van der Waals surface area contributed by atoms with E-state index >= 15 is 0 Å². The minimum atomic E-state index is -0.810. The second kappa shape index (κ2) is 6.54. The molecule has 110 valence electrons. The third kappa shape index (κ3) is 3.49. The van der Waals surface area contributed by atoms with Crippen LogP contribution in [0, 0.1) is 6.92 Å². The molecule has 2 aromatic rings. The van der Waals surface area contributed by atoms with Gasteiger partial charge in [-0.25, -0.2) is 4.79 Å². The van der Waals surface area contributed by atoms with Crippen molar-refractivity contribution in [2.24, 2.45) is 0 Å². The molecule has 5 heteroatoms. The molecule has 1 N–H and O–H groups in total. The summed E-state index contributed by atoms with van der Waals surface area (Å²) in [5, 5.41) is 4.30. The third-order valence-corrected chi connectivity index (χ3v) is 4.01. The molecule has 0 saturated heterocycles. The van der Waals surface area contributed by atoms with Crippen molar-refractivity contribution in [3.63, 3.8) is 0 Å². The Kier molecular flexibility index (Phi) is 4.75. The van der Waals surface area contributed by atoms with Crippen LogP contribution in [0.3, 0.4) is 0 Å². The molecule has 0 aliphatic carbocycles. The van der Waals surface area contributed by atoms with Crippen molar-refractivity contribution in [3.8, 4) is 11.1 Å². The Labute approximate surface area is 127 Å². The standard InChI is InChI=1S/C16H17NO3S/c1-10-4-6-12(7-5-10)13-8-9-21-14(13)16(19)20-11(2)15(18)17-3/h4-9,11H,1-3H3,(H,17,18). The van der Waals surface area contributed by atoms with E-state index in [1.54, 1.807) is 6.92 Å². The molecular weight excluding hydrogens is 286 g/mol. The predicted octanol–water partition coefficient (Wildman–Crippen LogP) is 3.01. The first-order valence-corrected chi connectivity index (χ1v) is 7.48. The molecule has 2 rings (SSSR count). The van der Waals surface area contributed by atoms with Crippen LogP contribution in [0.15, 0.2) is 35.7 Å². The SMILES string of the molecule is CNC(=O)C(C)OC(=O)c1sccc1-c1ccc(C)cc1. The number of carbonyl (C=O) groups is 2. The molecule has 0 aliphatic rings. The molecular formula is C16H17NO3S. The maximum absolute atomic E-state index is 12.2. The number of ether oxygens (including phenoxy) is 1. The Balaban J connectivity index is 2.22. The van der Waals surface area contributed by atoms with Gasteiger partial charge in [0.05, 0.1) is 0 Å². The largest absolute Gasteiger partial charge is 0.448 e. The summed E-state index contributed by atoms with van der Waals surface area (Å²) >= 11 is 1.31. The molecule has 21 heavy (non-hydrogen) atoms. The quantitative estimate of drug-likeness (QED) is 0.883. The van der Waals surface area contributed by atoms with Gasteiger partial charge in [-0.15, -0.1) is 11.3 Å². The zero-order valence-corrected chi connectivity index (χ0v) is 13.0. The maximum atomic E-state index is 12.2. The summed E-state index contributed by atoms with van der Waals surface area (Å²) < 4.78 is 5.19. The molecule has 1 atom stereocenters. The van der Waals surface area contributed by atoms with Gasteiger partial charge in [0.1, 0.15) is 4.88 Å². The number of nitrogens with one attached hydrogen (secondary N) is 1. The van der Waals surface area contributed by atoms with E-state index in [0.29, 0.717) is 4.88 Å². The fourth-order valence-electron chi connectivity index (χ4n) is 1.90. The summed E-state index contributed by atoms with van der Waals surface area (Å²) in [5.74, 6) is -0.798. The van der Waals surface area contributed by atoms with Crippen molar-refractivity contribution < 1.29 is 14.3 Å². The summed E-state index contributed by atoms with van der Waals surface area (Å²) in [7, 11) is 1.51. The number of benzene rings is 1. The molecule has 0 bridgehead atoms. The predicted molar refractivity (Wildman–Crippen MR) is 83.4 cm³/mol. The van der Waals surface area contributed by atoms with E-state index in [4.69, 9.17) is 4.74 Å². The van der Waals surface area contributed by atoms with E-state index in [0.717, 1.165) is 16.7 Å². The number of amides is 1. The fourth-order valence-corrected chi connectivity index (χ4v) is 2.70. The molecule has 1 aromatic carbocycles. The van der Waals surface area contributed by atoms with Gasteiger partial charge in [0.15, 0.2) is 6.10 Å². The van der Waals surface area contributed by atoms with Crippen LogP contribution >= 0.6 is 11.3 Å². The molecule has 0 saturated carbocycles. The van der Waals surface area contributed by atoms with Crippen LogP contribution in [-0.2, 0) is 9.53 Å². The normalized spacial score (nSPS) is 11.8. The van der Waals surface area contributed by atoms with Gasteiger partial charge < -0.3 is 10.1 Å². The van der Waals surface area contributed by atoms with Gasteiger partial charge >= 0.3 is 5.97 Å². The van der Waals surface area contributed by atoms with Crippen LogP contribution in [0.2, 0.25) is 0 Å². The highest BCUT2D eigenvalue weighted by Gasteiger charge is 2.21. The lowest BCUT2D eigenvalue weighted by molar-refractivity contribution is -0.128. The van der Waals surface area contributed by atoms with Crippen molar-refractivity contribution in [2.45, 2.75) is 20.0 Å². The summed E-state index contributed by atoms with van der Waals surface area (Å²) in [6, 6.07) is 9.81. The average molecular weight is 303 g/mol. The molecule has 0 radical (unpaired) electrons. The number of thiophene rings is 1. The lowest BCUT2D eigenvalue weighted by Crippen LogP contribution is -2.33. The molecule has 0 fully saturated rings. The van der Waals surface area contributed by atoms with Gasteiger partial charge in [-0.05, 0) is 30.9 Å². The Bertz CT molecular complexity index is 646. The third-order valence-electron chi connectivity index (χ3n) is 3.11. The first kappa shape index (κ1) is 15.3. The second-order valence-corrected chi connectivity index (χ2v) is 5.61. The Hall–Kier alpha value is -2.14. The Morgan fingerprint density at radius 3 is 2.48 bits per heavy atom. The molecule has 0 aliphatic heterocycles. The highest BCUT2D eigenvalue weighted by molar-refractivity contribution is 7.12. The van der Waals surface area contributed by atoms with Crippen LogP contribution in [-0.4, -0.2) is 25.0 Å². The maximum Gasteiger partial charge on any atom is 0.349 e. The van der Waals surface area contributed by atoms with Crippen LogP contribution in [0.25, 0.3) is 11.1 Å². The minimum Gasteiger partial charge on any atom is -0.448 e. The summed E-state index contributed by atoms with van der Waals surface area (Å²) in [5.41, 5.74) is 2.95. The number of rotatable bonds is 4. The average Bonchev–Trinajstić information content (AvgIpc) is 2.96. The van der Waals surface area contributed by atoms with E-state index in [2.05, 4.69) is 5.32 Å². The van der Waals surface area contributed by atoms with Crippen LogP contribution in [0.1, 0.15) is 22.2 Å². The van der Waals surface area contributed by atoms with Gasteiger partial charge in [0, 0.05) is 12.6 Å². The zero-order chi connectivity index (χ0) is 15.4. The van der Waals surface area contributed by atoms with Gasteiger partial charge in [0.2, 0.25) is 0 Å². The van der Waals surface area contributed by atoms with Crippen LogP contribution in [0.5, 0.6) is 0 Å². The van der Waals surface area contributed by atoms with E-state index in [9.17, 15) is 9.59 Å². The molecule has 1 aromatic heterocycles. The lowest BCUT2D eigenvalue weighted by Gasteiger charge is -2.11. The number of aryl methyl sites for hydroxylation is 1. The fraction of sp³-hybridized carbons (Fsp3) is 0.250. The van der Waals surface area contributed by atoms with E-state index in [-0.39, 0.29) is 5.91 Å². The van der Waals surface area contributed by atoms with Crippen molar-refractivity contribution in [1.82, 2.24) is 5.32 Å². The highest BCUT2D eigenvalue weighted by Crippen LogP contribution is 2.29. The molecule has 4 nitrogen and oxygen atoms in total. The number of hydrogen-bond donors (Lipinski definition) is 1. The summed E-state index contributed by atoms with van der Waals surface area (Å²) in [4.78, 5) is 24.1. The van der Waals surface area contributed by atoms with E-state index < -0.39 is 12.1 Å². The molecule has 1 unspecified atom stereocenters. The second-order valence-electron chi connectivity index (χ2n) is 4.69. The van der Waals surface area contributed by atoms with E-state index in [1.807, 2.05) is 42.6 Å². The van der Waals surface area contributed by atoms with Gasteiger partial charge in [-0.3, -0.25) is 4.79 Å².